The highest BCUT2D eigenvalue weighted by atomic mass is 16.3. The van der Waals surface area contributed by atoms with Crippen molar-refractivity contribution in [1.82, 2.24) is 4.90 Å². The standard InChI is InChI=1S/C14H22N2O2/c1-2-3-9-16(10-11-17)14(18)12-15-13-7-5-4-6-8-13/h4-8,15,17H,2-3,9-12H2,1H3. The first kappa shape index (κ1) is 14.5. The van der Waals surface area contributed by atoms with Crippen LogP contribution in [0.1, 0.15) is 19.8 Å². The van der Waals surface area contributed by atoms with Crippen LogP contribution in [0.4, 0.5) is 5.69 Å². The Kier molecular flexibility index (Phi) is 6.87. The van der Waals surface area contributed by atoms with Gasteiger partial charge in [-0.05, 0) is 18.6 Å². The van der Waals surface area contributed by atoms with E-state index < -0.39 is 0 Å². The van der Waals surface area contributed by atoms with Gasteiger partial charge in [-0.1, -0.05) is 31.5 Å². The molecule has 0 saturated heterocycles. The van der Waals surface area contributed by atoms with Gasteiger partial charge in [0.15, 0.2) is 0 Å². The van der Waals surface area contributed by atoms with E-state index in [0.29, 0.717) is 13.1 Å². The predicted octanol–water partition coefficient (Wildman–Crippen LogP) is 1.72. The van der Waals surface area contributed by atoms with Crippen molar-refractivity contribution in [3.8, 4) is 0 Å². The van der Waals surface area contributed by atoms with E-state index in [2.05, 4.69) is 12.2 Å². The second kappa shape index (κ2) is 8.53. The third-order valence-electron chi connectivity index (χ3n) is 2.72. The molecule has 18 heavy (non-hydrogen) atoms. The summed E-state index contributed by atoms with van der Waals surface area (Å²) in [7, 11) is 0. The smallest absolute Gasteiger partial charge is 0.241 e. The Balaban J connectivity index is 2.40. The Morgan fingerprint density at radius 2 is 2.00 bits per heavy atom. The Bertz CT molecular complexity index is 341. The molecule has 1 amide bonds. The number of carbonyl (C=O) groups excluding carboxylic acids is 1. The Hall–Kier alpha value is -1.55. The second-order valence-electron chi connectivity index (χ2n) is 4.18. The number of unbranched alkanes of at least 4 members (excludes halogenated alkanes) is 1. The maximum atomic E-state index is 12.0. The van der Waals surface area contributed by atoms with E-state index >= 15 is 0 Å². The summed E-state index contributed by atoms with van der Waals surface area (Å²) in [4.78, 5) is 13.7. The lowest BCUT2D eigenvalue weighted by molar-refractivity contribution is -0.129. The summed E-state index contributed by atoms with van der Waals surface area (Å²) < 4.78 is 0. The third-order valence-corrected chi connectivity index (χ3v) is 2.72. The van der Waals surface area contributed by atoms with E-state index in [0.717, 1.165) is 18.5 Å². The summed E-state index contributed by atoms with van der Waals surface area (Å²) >= 11 is 0. The summed E-state index contributed by atoms with van der Waals surface area (Å²) in [5.74, 6) is 0.0290. The first-order chi connectivity index (χ1) is 8.77. The summed E-state index contributed by atoms with van der Waals surface area (Å²) in [6, 6.07) is 9.64. The van der Waals surface area contributed by atoms with Gasteiger partial charge in [0.2, 0.25) is 5.91 Å². The van der Waals surface area contributed by atoms with Crippen LogP contribution in [0.15, 0.2) is 30.3 Å². The number of carbonyl (C=O) groups is 1. The first-order valence-electron chi connectivity index (χ1n) is 6.45. The minimum absolute atomic E-state index is 0.0147. The maximum absolute atomic E-state index is 12.0. The average Bonchev–Trinajstić information content (AvgIpc) is 2.42. The number of nitrogens with one attached hydrogen (secondary N) is 1. The molecule has 1 rings (SSSR count). The van der Waals surface area contributed by atoms with Crippen molar-refractivity contribution >= 4 is 11.6 Å². The summed E-state index contributed by atoms with van der Waals surface area (Å²) in [5.41, 5.74) is 0.935. The second-order valence-corrected chi connectivity index (χ2v) is 4.18. The molecule has 0 aliphatic carbocycles. The van der Waals surface area contributed by atoms with Gasteiger partial charge in [0, 0.05) is 18.8 Å². The lowest BCUT2D eigenvalue weighted by Gasteiger charge is -2.22. The van der Waals surface area contributed by atoms with E-state index in [1.165, 1.54) is 0 Å². The van der Waals surface area contributed by atoms with Crippen molar-refractivity contribution in [1.29, 1.82) is 0 Å². The molecule has 2 N–H and O–H groups in total. The molecular weight excluding hydrogens is 228 g/mol. The molecule has 0 bridgehead atoms. The highest BCUT2D eigenvalue weighted by Gasteiger charge is 2.11. The Morgan fingerprint density at radius 1 is 1.28 bits per heavy atom. The lowest BCUT2D eigenvalue weighted by Crippen LogP contribution is -2.38. The molecule has 4 heteroatoms. The molecule has 0 unspecified atom stereocenters. The molecule has 0 spiro atoms. The summed E-state index contributed by atoms with van der Waals surface area (Å²) in [5, 5.41) is 12.0. The molecular formula is C14H22N2O2. The molecule has 0 atom stereocenters. The molecule has 0 aliphatic heterocycles. The zero-order chi connectivity index (χ0) is 13.2. The van der Waals surface area contributed by atoms with Gasteiger partial charge in [0.1, 0.15) is 0 Å². The number of rotatable bonds is 8. The zero-order valence-electron chi connectivity index (χ0n) is 10.9. The largest absolute Gasteiger partial charge is 0.395 e. The third kappa shape index (κ3) is 5.19. The van der Waals surface area contributed by atoms with Crippen LogP contribution in [0.25, 0.3) is 0 Å². The number of para-hydroxylation sites is 1. The van der Waals surface area contributed by atoms with Gasteiger partial charge in [-0.15, -0.1) is 0 Å². The van der Waals surface area contributed by atoms with Crippen LogP contribution in [-0.4, -0.2) is 42.2 Å². The van der Waals surface area contributed by atoms with Gasteiger partial charge >= 0.3 is 0 Å². The van der Waals surface area contributed by atoms with E-state index in [-0.39, 0.29) is 19.1 Å². The van der Waals surface area contributed by atoms with Crippen LogP contribution >= 0.6 is 0 Å². The molecule has 0 saturated carbocycles. The number of amides is 1. The number of hydrogen-bond donors (Lipinski definition) is 2. The average molecular weight is 250 g/mol. The number of anilines is 1. The van der Waals surface area contributed by atoms with Crippen molar-refractivity contribution in [3.05, 3.63) is 30.3 Å². The number of benzene rings is 1. The van der Waals surface area contributed by atoms with Crippen molar-refractivity contribution in [3.63, 3.8) is 0 Å². The van der Waals surface area contributed by atoms with Gasteiger partial charge in [-0.2, -0.15) is 0 Å². The van der Waals surface area contributed by atoms with Gasteiger partial charge in [-0.25, -0.2) is 0 Å². The Labute approximate surface area is 109 Å². The first-order valence-corrected chi connectivity index (χ1v) is 6.45. The van der Waals surface area contributed by atoms with Crippen LogP contribution in [0.2, 0.25) is 0 Å². The van der Waals surface area contributed by atoms with Crippen molar-refractivity contribution < 1.29 is 9.90 Å². The molecule has 0 radical (unpaired) electrons. The minimum Gasteiger partial charge on any atom is -0.395 e. The fourth-order valence-corrected chi connectivity index (χ4v) is 1.68. The molecule has 4 nitrogen and oxygen atoms in total. The topological polar surface area (TPSA) is 52.6 Å². The van der Waals surface area contributed by atoms with Gasteiger partial charge < -0.3 is 15.3 Å². The fraction of sp³-hybridized carbons (Fsp3) is 0.500. The van der Waals surface area contributed by atoms with Crippen molar-refractivity contribution in [2.45, 2.75) is 19.8 Å². The fourth-order valence-electron chi connectivity index (χ4n) is 1.68. The number of nitrogens with zero attached hydrogens (tertiary/aromatic N) is 1. The summed E-state index contributed by atoms with van der Waals surface area (Å²) in [6.07, 6.45) is 2.01. The van der Waals surface area contributed by atoms with Crippen molar-refractivity contribution in [2.24, 2.45) is 0 Å². The number of aliphatic hydroxyl groups excluding tert-OH is 1. The van der Waals surface area contributed by atoms with E-state index in [4.69, 9.17) is 5.11 Å². The van der Waals surface area contributed by atoms with Crippen LogP contribution in [0.5, 0.6) is 0 Å². The number of aliphatic hydroxyl groups is 1. The summed E-state index contributed by atoms with van der Waals surface area (Å²) in [6.45, 7) is 3.50. The van der Waals surface area contributed by atoms with E-state index in [1.54, 1.807) is 4.90 Å². The van der Waals surface area contributed by atoms with Gasteiger partial charge in [0.25, 0.3) is 0 Å². The monoisotopic (exact) mass is 250 g/mol. The lowest BCUT2D eigenvalue weighted by atomic mass is 10.3. The van der Waals surface area contributed by atoms with Crippen molar-refractivity contribution in [2.75, 3.05) is 31.6 Å². The quantitative estimate of drug-likeness (QED) is 0.738. The van der Waals surface area contributed by atoms with E-state index in [9.17, 15) is 4.79 Å². The molecule has 1 aromatic rings. The molecule has 0 aliphatic rings. The zero-order valence-corrected chi connectivity index (χ0v) is 10.9. The van der Waals surface area contributed by atoms with Gasteiger partial charge in [-0.3, -0.25) is 4.79 Å². The molecule has 0 aromatic heterocycles. The maximum Gasteiger partial charge on any atom is 0.241 e. The minimum atomic E-state index is 0.0147. The molecule has 0 fully saturated rings. The highest BCUT2D eigenvalue weighted by molar-refractivity contribution is 5.80. The van der Waals surface area contributed by atoms with Crippen LogP contribution in [0.3, 0.4) is 0 Å². The van der Waals surface area contributed by atoms with Crippen LogP contribution in [0, 0.1) is 0 Å². The highest BCUT2D eigenvalue weighted by Crippen LogP contribution is 2.05. The van der Waals surface area contributed by atoms with Crippen LogP contribution in [-0.2, 0) is 4.79 Å². The SMILES string of the molecule is CCCCN(CCO)C(=O)CNc1ccccc1. The molecule has 0 heterocycles. The molecule has 1 aromatic carbocycles. The normalized spacial score (nSPS) is 10.1. The predicted molar refractivity (Wildman–Crippen MR) is 73.5 cm³/mol. The Morgan fingerprint density at radius 3 is 2.61 bits per heavy atom. The van der Waals surface area contributed by atoms with E-state index in [1.807, 2.05) is 30.3 Å². The molecule has 100 valence electrons. The number of hydrogen-bond acceptors (Lipinski definition) is 3. The van der Waals surface area contributed by atoms with Gasteiger partial charge in [0.05, 0.1) is 13.2 Å². The van der Waals surface area contributed by atoms with Crippen LogP contribution < -0.4 is 5.32 Å².